The standard InChI is InChI=1S/C85H63ClN4O4/c1-2-91-78-47-29-69(30-48-78)82(65-15-7-3-8-16-65)55-87-74-39-23-62(24-40-74)59-92-79-49-31-70(32-50-79)83(66-17-9-4-10-18-66)56-88-75-41-25-63(26-42-75)60-93-80-51-33-71(34-52-80)84(67-19-11-5-12-20-67)57-89-76-43-27-64(28-44-76)61-94-81-53-35-72(36-54-81)85(68-21-13-6-14-22-68)58-90-77-45-37-73(86)38-46-77/h3-54H,2,59-61H2,1H3. The van der Waals surface area contributed by atoms with Crippen molar-refractivity contribution in [3.63, 3.8) is 0 Å². The van der Waals surface area contributed by atoms with E-state index >= 15 is 0 Å². The molecule has 12 aromatic rings. The first-order valence-corrected chi connectivity index (χ1v) is 31.3. The van der Waals surface area contributed by atoms with Crippen LogP contribution in [0.25, 0.3) is 22.3 Å². The summed E-state index contributed by atoms with van der Waals surface area (Å²) >= 11 is 6.10. The molecular formula is C85H63ClN4O4. The van der Waals surface area contributed by atoms with E-state index in [0.717, 1.165) is 129 Å². The zero-order chi connectivity index (χ0) is 63.9. The highest BCUT2D eigenvalue weighted by Crippen LogP contribution is 2.30. The Morgan fingerprint density at radius 3 is 0.702 bits per heavy atom. The topological polar surface area (TPSA) is 86.4 Å². The molecule has 0 amide bonds. The lowest BCUT2D eigenvalue weighted by molar-refractivity contribution is 0.306. The third kappa shape index (κ3) is 17.2. The van der Waals surface area contributed by atoms with Crippen molar-refractivity contribution in [3.8, 4) is 23.0 Å². The quantitative estimate of drug-likeness (QED) is 0.0597. The van der Waals surface area contributed by atoms with Gasteiger partial charge in [-0.2, -0.15) is 0 Å². The first-order valence-electron chi connectivity index (χ1n) is 30.9. The normalized spacial score (nSPS) is 10.4. The summed E-state index contributed by atoms with van der Waals surface area (Å²) in [6.07, 6.45) is 0. The molecule has 0 spiro atoms. The van der Waals surface area contributed by atoms with Crippen molar-refractivity contribution in [2.24, 2.45) is 20.0 Å². The number of hydrogen-bond donors (Lipinski definition) is 0. The summed E-state index contributed by atoms with van der Waals surface area (Å²) in [4.78, 5) is 19.0. The third-order valence-electron chi connectivity index (χ3n) is 15.2. The van der Waals surface area contributed by atoms with Crippen LogP contribution in [0.4, 0.5) is 22.7 Å². The molecule has 0 N–H and O–H groups in total. The molecule has 0 saturated carbocycles. The molecule has 0 aliphatic rings. The van der Waals surface area contributed by atoms with Crippen LogP contribution in [0.5, 0.6) is 23.0 Å². The highest BCUT2D eigenvalue weighted by molar-refractivity contribution is 6.30. The van der Waals surface area contributed by atoms with Crippen LogP contribution in [-0.2, 0) is 19.8 Å². The second kappa shape index (κ2) is 31.6. The summed E-state index contributed by atoms with van der Waals surface area (Å²) in [5.41, 5.74) is 17.6. The summed E-state index contributed by atoms with van der Waals surface area (Å²) < 4.78 is 24.4. The van der Waals surface area contributed by atoms with E-state index < -0.39 is 0 Å². The highest BCUT2D eigenvalue weighted by atomic mass is 35.5. The zero-order valence-electron chi connectivity index (χ0n) is 51.7. The van der Waals surface area contributed by atoms with Gasteiger partial charge >= 0.3 is 0 Å². The van der Waals surface area contributed by atoms with Crippen molar-refractivity contribution in [1.82, 2.24) is 0 Å². The molecule has 454 valence electrons. The molecule has 0 bridgehead atoms. The summed E-state index contributed by atoms with van der Waals surface area (Å²) in [6, 6.07) is 104. The Morgan fingerprint density at radius 1 is 0.255 bits per heavy atom. The van der Waals surface area contributed by atoms with Crippen LogP contribution in [0.15, 0.2) is 335 Å². The van der Waals surface area contributed by atoms with E-state index in [0.29, 0.717) is 31.5 Å². The minimum absolute atomic E-state index is 0.383. The van der Waals surface area contributed by atoms with Crippen molar-refractivity contribution in [1.29, 1.82) is 0 Å². The van der Waals surface area contributed by atoms with Crippen LogP contribution in [0.3, 0.4) is 0 Å². The van der Waals surface area contributed by atoms with Crippen LogP contribution in [0.2, 0.25) is 5.02 Å². The lowest BCUT2D eigenvalue weighted by atomic mass is 9.99. The van der Waals surface area contributed by atoms with Crippen LogP contribution in [0.1, 0.15) is 68.1 Å². The minimum Gasteiger partial charge on any atom is -0.494 e. The largest absolute Gasteiger partial charge is 0.494 e. The Hall–Kier alpha value is -12.1. The Balaban J connectivity index is 0.655. The molecule has 9 heteroatoms. The lowest BCUT2D eigenvalue weighted by Gasteiger charge is -2.10. The minimum atomic E-state index is 0.383. The Morgan fingerprint density at radius 2 is 0.468 bits per heavy atom. The van der Waals surface area contributed by atoms with Gasteiger partial charge in [0.15, 0.2) is 0 Å². The maximum atomic E-state index is 6.29. The van der Waals surface area contributed by atoms with Gasteiger partial charge in [-0.05, 0) is 249 Å². The number of ether oxygens (including phenoxy) is 4. The fourth-order valence-electron chi connectivity index (χ4n) is 10.1. The molecule has 0 radical (unpaired) electrons. The zero-order valence-corrected chi connectivity index (χ0v) is 52.4. The molecular weight excluding hydrogens is 1180 g/mol. The Kier molecular flexibility index (Phi) is 20.9. The van der Waals surface area contributed by atoms with Gasteiger partial charge in [-0.25, -0.2) is 20.0 Å². The van der Waals surface area contributed by atoms with Crippen molar-refractivity contribution in [2.45, 2.75) is 26.7 Å². The van der Waals surface area contributed by atoms with Gasteiger partial charge in [0.2, 0.25) is 0 Å². The molecule has 12 aromatic carbocycles. The summed E-state index contributed by atoms with van der Waals surface area (Å²) in [7, 11) is 0. The van der Waals surface area contributed by atoms with Gasteiger partial charge in [0, 0.05) is 5.02 Å². The highest BCUT2D eigenvalue weighted by Gasteiger charge is 2.12. The SMILES string of the molecule is CCOc1ccc(C(=C=Nc2ccc(COc3ccc(C(=C=Nc4ccc(COc5ccc(C(=C=Nc6ccc(COc7ccc(C(=C=Nc8ccc(Cl)cc8)c8ccccc8)cc7)cc6)c6ccccc6)cc5)cc4)c4ccccc4)cc3)cc2)c2ccccc2)cc1. The molecule has 0 unspecified atom stereocenters. The van der Waals surface area contributed by atoms with E-state index in [-0.39, 0.29) is 0 Å². The van der Waals surface area contributed by atoms with Gasteiger partial charge in [-0.1, -0.05) is 169 Å². The van der Waals surface area contributed by atoms with Crippen molar-refractivity contribution >= 4 is 80.1 Å². The fraction of sp³-hybridized carbons (Fsp3) is 0.0588. The van der Waals surface area contributed by atoms with E-state index in [9.17, 15) is 0 Å². The number of nitrogens with zero attached hydrogens (tertiary/aromatic N) is 4. The lowest BCUT2D eigenvalue weighted by Crippen LogP contribution is -1.96. The average molecular weight is 1240 g/mol. The van der Waals surface area contributed by atoms with Crippen molar-refractivity contribution in [2.75, 3.05) is 6.61 Å². The van der Waals surface area contributed by atoms with E-state index in [1.165, 1.54) is 0 Å². The van der Waals surface area contributed by atoms with Crippen molar-refractivity contribution < 1.29 is 18.9 Å². The molecule has 12 rings (SSSR count). The Labute approximate surface area is 553 Å². The van der Waals surface area contributed by atoms with Gasteiger partial charge in [-0.3, -0.25) is 0 Å². The molecule has 8 nitrogen and oxygen atoms in total. The molecule has 0 fully saturated rings. The van der Waals surface area contributed by atoms with Crippen LogP contribution >= 0.6 is 11.6 Å². The molecule has 0 aromatic heterocycles. The number of rotatable bonds is 23. The molecule has 0 atom stereocenters. The molecule has 0 heterocycles. The third-order valence-corrected chi connectivity index (χ3v) is 15.4. The second-order valence-electron chi connectivity index (χ2n) is 21.7. The summed E-state index contributed by atoms with van der Waals surface area (Å²) in [5, 5.41) is 0.662. The number of halogens is 1. The molecule has 0 saturated heterocycles. The van der Waals surface area contributed by atoms with Gasteiger partial charge in [0.05, 0.1) is 51.6 Å². The van der Waals surface area contributed by atoms with Gasteiger partial charge in [-0.15, -0.1) is 0 Å². The maximum absolute atomic E-state index is 6.29. The maximum Gasteiger partial charge on any atom is 0.119 e. The first kappa shape index (κ1) is 62.1. The monoisotopic (exact) mass is 1240 g/mol. The van der Waals surface area contributed by atoms with E-state index in [2.05, 4.69) is 77.0 Å². The van der Waals surface area contributed by atoms with Crippen molar-refractivity contribution in [3.05, 3.63) is 382 Å². The molecule has 0 aliphatic heterocycles. The summed E-state index contributed by atoms with van der Waals surface area (Å²) in [6.45, 7) is 3.77. The molecule has 0 aliphatic carbocycles. The second-order valence-corrected chi connectivity index (χ2v) is 22.2. The number of aliphatic imine (C=N–C) groups is 4. The fourth-order valence-corrected chi connectivity index (χ4v) is 10.3. The van der Waals surface area contributed by atoms with Gasteiger partial charge in [0.1, 0.15) is 42.8 Å². The van der Waals surface area contributed by atoms with Crippen LogP contribution < -0.4 is 18.9 Å². The van der Waals surface area contributed by atoms with E-state index in [4.69, 9.17) is 45.5 Å². The predicted octanol–water partition coefficient (Wildman–Crippen LogP) is 21.2. The predicted molar refractivity (Wildman–Crippen MR) is 385 cm³/mol. The molecule has 94 heavy (non-hydrogen) atoms. The first-order chi connectivity index (χ1) is 46.4. The Bertz CT molecular complexity index is 4730. The van der Waals surface area contributed by atoms with Crippen LogP contribution in [-0.4, -0.2) is 30.1 Å². The average Bonchev–Trinajstić information content (AvgIpc) is 1.78. The van der Waals surface area contributed by atoms with Crippen LogP contribution in [0, 0.1) is 0 Å². The smallest absolute Gasteiger partial charge is 0.119 e. The summed E-state index contributed by atoms with van der Waals surface area (Å²) in [5.74, 6) is 16.4. The van der Waals surface area contributed by atoms with Gasteiger partial charge in [0.25, 0.3) is 0 Å². The van der Waals surface area contributed by atoms with Gasteiger partial charge < -0.3 is 18.9 Å². The van der Waals surface area contributed by atoms with E-state index in [1.54, 1.807) is 0 Å². The number of benzene rings is 12. The number of hydrogen-bond acceptors (Lipinski definition) is 8. The van der Waals surface area contributed by atoms with E-state index in [1.807, 2.05) is 274 Å².